The maximum Gasteiger partial charge on any atom is 0.343 e. The van der Waals surface area contributed by atoms with Gasteiger partial charge in [-0.25, -0.2) is 9.59 Å². The van der Waals surface area contributed by atoms with E-state index in [1.54, 1.807) is 37.3 Å². The molecule has 0 amide bonds. The van der Waals surface area contributed by atoms with Crippen LogP contribution in [-0.4, -0.2) is 43.0 Å². The first-order chi connectivity index (χ1) is 20.5. The number of H-pyrrole nitrogens is 1. The summed E-state index contributed by atoms with van der Waals surface area (Å²) >= 11 is 0. The van der Waals surface area contributed by atoms with Gasteiger partial charge in [0.15, 0.2) is 11.5 Å². The second-order valence-electron chi connectivity index (χ2n) is 9.90. The molecular formula is C33H29NO8. The third-order valence-electron chi connectivity index (χ3n) is 7.33. The molecule has 3 aromatic carbocycles. The van der Waals surface area contributed by atoms with Crippen molar-refractivity contribution in [3.8, 4) is 23.0 Å². The van der Waals surface area contributed by atoms with Gasteiger partial charge >= 0.3 is 11.6 Å². The highest BCUT2D eigenvalue weighted by Crippen LogP contribution is 2.46. The average Bonchev–Trinajstić information content (AvgIpc) is 3.36. The van der Waals surface area contributed by atoms with Gasteiger partial charge in [-0.2, -0.15) is 0 Å². The number of carbonyl (C=O) groups is 1. The van der Waals surface area contributed by atoms with Gasteiger partial charge in [-0.3, -0.25) is 0 Å². The predicted octanol–water partition coefficient (Wildman–Crippen LogP) is 5.49. The van der Waals surface area contributed by atoms with Crippen molar-refractivity contribution in [1.82, 2.24) is 4.98 Å². The minimum Gasteiger partial charge on any atom is -0.507 e. The van der Waals surface area contributed by atoms with Crippen LogP contribution in [0, 0.1) is 6.92 Å². The van der Waals surface area contributed by atoms with E-state index in [4.69, 9.17) is 23.4 Å². The maximum atomic E-state index is 13.4. The molecule has 0 radical (unpaired) electrons. The third-order valence-corrected chi connectivity index (χ3v) is 7.33. The summed E-state index contributed by atoms with van der Waals surface area (Å²) in [5.74, 6) is 0.220. The number of aryl methyl sites for hydroxylation is 1. The smallest absolute Gasteiger partial charge is 0.343 e. The number of para-hydroxylation sites is 3. The van der Waals surface area contributed by atoms with E-state index < -0.39 is 17.5 Å². The van der Waals surface area contributed by atoms with E-state index in [1.807, 2.05) is 36.4 Å². The lowest BCUT2D eigenvalue weighted by Crippen LogP contribution is -2.21. The van der Waals surface area contributed by atoms with Crippen LogP contribution in [0.25, 0.3) is 10.9 Å². The molecular weight excluding hydrogens is 538 g/mol. The number of aromatic hydroxyl groups is 1. The van der Waals surface area contributed by atoms with Gasteiger partial charge in [0.2, 0.25) is 0 Å². The number of nitrogens with one attached hydrogen (secondary N) is 1. The van der Waals surface area contributed by atoms with Crippen molar-refractivity contribution in [2.45, 2.75) is 19.3 Å². The van der Waals surface area contributed by atoms with E-state index in [2.05, 4.69) is 4.98 Å². The molecule has 0 bridgehead atoms. The van der Waals surface area contributed by atoms with E-state index in [9.17, 15) is 14.7 Å². The minimum atomic E-state index is -0.814. The van der Waals surface area contributed by atoms with Gasteiger partial charge in [0, 0.05) is 34.6 Å². The quantitative estimate of drug-likeness (QED) is 0.236. The molecule has 2 N–H and O–H groups in total. The van der Waals surface area contributed by atoms with Gasteiger partial charge in [-0.1, -0.05) is 42.5 Å². The SMILES string of the molecule is COc1ccccc1C(=O)OCCc1c(C(c2cccc3c2OCCO3)c2c(O)cc(C)oc2=O)[nH]c2ccccc12. The Balaban J connectivity index is 1.47. The summed E-state index contributed by atoms with van der Waals surface area (Å²) in [7, 11) is 1.50. The fourth-order valence-electron chi connectivity index (χ4n) is 5.52. The Morgan fingerprint density at radius 1 is 1.02 bits per heavy atom. The van der Waals surface area contributed by atoms with E-state index in [-0.39, 0.29) is 23.7 Å². The summed E-state index contributed by atoms with van der Waals surface area (Å²) in [6.45, 7) is 2.39. The van der Waals surface area contributed by atoms with E-state index in [1.165, 1.54) is 13.2 Å². The minimum absolute atomic E-state index is 0.0550. The number of esters is 1. The Hall–Kier alpha value is -5.18. The van der Waals surface area contributed by atoms with Crippen molar-refractivity contribution in [3.63, 3.8) is 0 Å². The molecule has 6 rings (SSSR count). The second kappa shape index (κ2) is 11.4. The lowest BCUT2D eigenvalue weighted by molar-refractivity contribution is 0.0505. The van der Waals surface area contributed by atoms with Crippen LogP contribution in [0.1, 0.15) is 44.4 Å². The van der Waals surface area contributed by atoms with Crippen LogP contribution < -0.4 is 19.8 Å². The van der Waals surface area contributed by atoms with Crippen molar-refractivity contribution in [3.05, 3.63) is 117 Å². The first kappa shape index (κ1) is 27.0. The summed E-state index contributed by atoms with van der Waals surface area (Å²) < 4.78 is 28.4. The highest BCUT2D eigenvalue weighted by atomic mass is 16.6. The Morgan fingerprint density at radius 2 is 1.81 bits per heavy atom. The maximum absolute atomic E-state index is 13.4. The Bertz CT molecular complexity index is 1840. The number of ether oxygens (including phenoxy) is 4. The van der Waals surface area contributed by atoms with E-state index in [0.29, 0.717) is 53.7 Å². The number of hydrogen-bond donors (Lipinski definition) is 2. The fourth-order valence-corrected chi connectivity index (χ4v) is 5.52. The fraction of sp³-hybridized carbons (Fsp3) is 0.212. The van der Waals surface area contributed by atoms with Gasteiger partial charge in [0.25, 0.3) is 0 Å². The molecule has 1 unspecified atom stereocenters. The Kier molecular flexibility index (Phi) is 7.31. The first-order valence-corrected chi connectivity index (χ1v) is 13.6. The van der Waals surface area contributed by atoms with Crippen LogP contribution in [0.3, 0.4) is 0 Å². The number of hydrogen-bond acceptors (Lipinski definition) is 8. The summed E-state index contributed by atoms with van der Waals surface area (Å²) in [6.07, 6.45) is 0.321. The monoisotopic (exact) mass is 567 g/mol. The number of aromatic amines is 1. The first-order valence-electron chi connectivity index (χ1n) is 13.6. The van der Waals surface area contributed by atoms with Crippen molar-refractivity contribution in [1.29, 1.82) is 0 Å². The van der Waals surface area contributed by atoms with Gasteiger partial charge in [-0.15, -0.1) is 0 Å². The van der Waals surface area contributed by atoms with Crippen molar-refractivity contribution in [2.75, 3.05) is 26.9 Å². The highest BCUT2D eigenvalue weighted by molar-refractivity contribution is 5.92. The van der Waals surface area contributed by atoms with Crippen LogP contribution in [0.15, 0.2) is 82.0 Å². The lowest BCUT2D eigenvalue weighted by Gasteiger charge is -2.26. The zero-order chi connectivity index (χ0) is 29.2. The molecule has 1 aliphatic heterocycles. The lowest BCUT2D eigenvalue weighted by atomic mass is 9.85. The predicted molar refractivity (Wildman–Crippen MR) is 155 cm³/mol. The average molecular weight is 568 g/mol. The number of aromatic nitrogens is 1. The highest BCUT2D eigenvalue weighted by Gasteiger charge is 2.33. The number of methoxy groups -OCH3 is 1. The molecule has 0 spiro atoms. The third kappa shape index (κ3) is 4.94. The summed E-state index contributed by atoms with van der Waals surface area (Å²) in [5.41, 5.74) is 2.61. The molecule has 0 aliphatic carbocycles. The number of fused-ring (bicyclic) bond motifs is 2. The van der Waals surface area contributed by atoms with Crippen LogP contribution in [0.5, 0.6) is 23.0 Å². The van der Waals surface area contributed by atoms with Crippen LogP contribution in [0.4, 0.5) is 0 Å². The molecule has 1 aliphatic rings. The summed E-state index contributed by atoms with van der Waals surface area (Å²) in [4.78, 5) is 29.8. The molecule has 1 atom stereocenters. The Morgan fingerprint density at radius 3 is 2.64 bits per heavy atom. The Labute approximate surface area is 241 Å². The zero-order valence-electron chi connectivity index (χ0n) is 23.1. The largest absolute Gasteiger partial charge is 0.507 e. The van der Waals surface area contributed by atoms with Crippen molar-refractivity contribution in [2.24, 2.45) is 0 Å². The molecule has 0 fully saturated rings. The summed E-state index contributed by atoms with van der Waals surface area (Å²) in [5, 5.41) is 12.0. The van der Waals surface area contributed by atoms with E-state index in [0.717, 1.165) is 16.5 Å². The molecule has 2 aromatic heterocycles. The normalized spacial score (nSPS) is 13.1. The second-order valence-corrected chi connectivity index (χ2v) is 9.90. The molecule has 0 saturated heterocycles. The van der Waals surface area contributed by atoms with Crippen molar-refractivity contribution < 1.29 is 33.3 Å². The number of benzene rings is 3. The molecule has 9 heteroatoms. The molecule has 5 aromatic rings. The molecule has 42 heavy (non-hydrogen) atoms. The topological polar surface area (TPSA) is 120 Å². The van der Waals surface area contributed by atoms with Crippen LogP contribution >= 0.6 is 0 Å². The molecule has 9 nitrogen and oxygen atoms in total. The number of rotatable bonds is 8. The number of carbonyl (C=O) groups excluding carboxylic acids is 1. The van der Waals surface area contributed by atoms with E-state index >= 15 is 0 Å². The van der Waals surface area contributed by atoms with Crippen molar-refractivity contribution >= 4 is 16.9 Å². The standard InChI is InChI=1S/C33H29NO8/c1-19-18-25(35)29(33(37)42-19)28(23-10-7-13-27-31(23)40-17-16-39-27)30-21(20-8-3-5-11-24(20)34-30)14-15-41-32(36)22-9-4-6-12-26(22)38-2/h3-13,18,28,34-35H,14-17H2,1-2H3. The summed E-state index contributed by atoms with van der Waals surface area (Å²) in [6, 6.07) is 21.5. The van der Waals surface area contributed by atoms with Gasteiger partial charge < -0.3 is 33.5 Å². The van der Waals surface area contributed by atoms with Crippen LogP contribution in [-0.2, 0) is 11.2 Å². The van der Waals surface area contributed by atoms with Crippen LogP contribution in [0.2, 0.25) is 0 Å². The van der Waals surface area contributed by atoms with Gasteiger partial charge in [0.05, 0.1) is 25.2 Å². The molecule has 0 saturated carbocycles. The van der Waals surface area contributed by atoms with Gasteiger partial charge in [0.1, 0.15) is 36.0 Å². The molecule has 214 valence electrons. The van der Waals surface area contributed by atoms with Gasteiger partial charge in [-0.05, 0) is 36.8 Å². The molecule has 3 heterocycles. The zero-order valence-corrected chi connectivity index (χ0v) is 23.1.